The zero-order valence-electron chi connectivity index (χ0n) is 13.8. The molecule has 6 nitrogen and oxygen atoms in total. The molecule has 0 aliphatic carbocycles. The van der Waals surface area contributed by atoms with E-state index in [4.69, 9.17) is 4.42 Å². The SMILES string of the molecule is Cc1cc2ccc(NC(=O)c3cc4ccccc4oc3=O)cc2[nH]c1=O. The van der Waals surface area contributed by atoms with Crippen molar-refractivity contribution in [1.82, 2.24) is 4.98 Å². The number of pyridine rings is 1. The number of fused-ring (bicyclic) bond motifs is 2. The molecule has 2 aromatic carbocycles. The summed E-state index contributed by atoms with van der Waals surface area (Å²) in [6.45, 7) is 1.73. The Kier molecular flexibility index (Phi) is 3.65. The highest BCUT2D eigenvalue weighted by Gasteiger charge is 2.14. The summed E-state index contributed by atoms with van der Waals surface area (Å²) in [5.74, 6) is -0.571. The number of nitrogens with one attached hydrogen (secondary N) is 2. The molecule has 0 bridgehead atoms. The van der Waals surface area contributed by atoms with Gasteiger partial charge in [-0.15, -0.1) is 0 Å². The third-order valence-corrected chi connectivity index (χ3v) is 4.18. The number of amides is 1. The molecule has 2 N–H and O–H groups in total. The second kappa shape index (κ2) is 6.00. The molecule has 26 heavy (non-hydrogen) atoms. The number of para-hydroxylation sites is 1. The van der Waals surface area contributed by atoms with E-state index in [0.717, 1.165) is 5.39 Å². The van der Waals surface area contributed by atoms with E-state index >= 15 is 0 Å². The predicted molar refractivity (Wildman–Crippen MR) is 99.7 cm³/mol. The minimum atomic E-state index is -0.703. The summed E-state index contributed by atoms with van der Waals surface area (Å²) >= 11 is 0. The van der Waals surface area contributed by atoms with Gasteiger partial charge in [0.1, 0.15) is 11.1 Å². The molecule has 6 heteroatoms. The van der Waals surface area contributed by atoms with Crippen molar-refractivity contribution < 1.29 is 9.21 Å². The maximum atomic E-state index is 12.5. The first-order valence-electron chi connectivity index (χ1n) is 7.99. The van der Waals surface area contributed by atoms with Gasteiger partial charge in [-0.3, -0.25) is 9.59 Å². The van der Waals surface area contributed by atoms with Gasteiger partial charge in [0.15, 0.2) is 0 Å². The third-order valence-electron chi connectivity index (χ3n) is 4.18. The van der Waals surface area contributed by atoms with Crippen molar-refractivity contribution in [3.8, 4) is 0 Å². The van der Waals surface area contributed by atoms with Crippen LogP contribution in [0.2, 0.25) is 0 Å². The fourth-order valence-electron chi connectivity index (χ4n) is 2.81. The second-order valence-electron chi connectivity index (χ2n) is 6.02. The van der Waals surface area contributed by atoms with Crippen LogP contribution >= 0.6 is 0 Å². The molecule has 0 fully saturated rings. The van der Waals surface area contributed by atoms with Gasteiger partial charge in [-0.1, -0.05) is 24.3 Å². The lowest BCUT2D eigenvalue weighted by Crippen LogP contribution is -2.20. The lowest BCUT2D eigenvalue weighted by molar-refractivity contribution is 0.102. The van der Waals surface area contributed by atoms with E-state index in [9.17, 15) is 14.4 Å². The summed E-state index contributed by atoms with van der Waals surface area (Å²) in [5, 5.41) is 4.18. The largest absolute Gasteiger partial charge is 0.422 e. The lowest BCUT2D eigenvalue weighted by atomic mass is 10.1. The van der Waals surface area contributed by atoms with Crippen LogP contribution in [0, 0.1) is 6.92 Å². The van der Waals surface area contributed by atoms with Crippen LogP contribution in [0.4, 0.5) is 5.69 Å². The van der Waals surface area contributed by atoms with E-state index in [0.29, 0.717) is 27.7 Å². The molecule has 0 aliphatic heterocycles. The number of hydrogen-bond acceptors (Lipinski definition) is 4. The molecular formula is C20H14N2O4. The Balaban J connectivity index is 1.71. The van der Waals surface area contributed by atoms with Gasteiger partial charge in [-0.05, 0) is 42.6 Å². The Bertz CT molecular complexity index is 1280. The number of carbonyl (C=O) groups is 1. The number of aromatic nitrogens is 1. The van der Waals surface area contributed by atoms with Crippen LogP contribution in [0.25, 0.3) is 21.9 Å². The summed E-state index contributed by atoms with van der Waals surface area (Å²) in [5.41, 5.74) is 1.14. The van der Waals surface area contributed by atoms with Crippen molar-refractivity contribution in [3.05, 3.63) is 86.5 Å². The Morgan fingerprint density at radius 3 is 2.65 bits per heavy atom. The van der Waals surface area contributed by atoms with Gasteiger partial charge in [0.2, 0.25) is 0 Å². The number of hydrogen-bond donors (Lipinski definition) is 2. The summed E-state index contributed by atoms with van der Waals surface area (Å²) in [6.07, 6.45) is 0. The van der Waals surface area contributed by atoms with Crippen molar-refractivity contribution in [3.63, 3.8) is 0 Å². The van der Waals surface area contributed by atoms with Crippen LogP contribution < -0.4 is 16.5 Å². The summed E-state index contributed by atoms with van der Waals surface area (Å²) in [7, 11) is 0. The molecule has 0 unspecified atom stereocenters. The number of aryl methyl sites for hydroxylation is 1. The van der Waals surface area contributed by atoms with Crippen LogP contribution in [-0.4, -0.2) is 10.9 Å². The number of H-pyrrole nitrogens is 1. The number of carbonyl (C=O) groups excluding carboxylic acids is 1. The van der Waals surface area contributed by atoms with E-state index in [1.807, 2.05) is 0 Å². The fourth-order valence-corrected chi connectivity index (χ4v) is 2.81. The second-order valence-corrected chi connectivity index (χ2v) is 6.02. The summed E-state index contributed by atoms with van der Waals surface area (Å²) in [6, 6.07) is 15.4. The van der Waals surface area contributed by atoms with Crippen LogP contribution in [-0.2, 0) is 0 Å². The zero-order chi connectivity index (χ0) is 18.3. The van der Waals surface area contributed by atoms with Crippen molar-refractivity contribution >= 4 is 33.5 Å². The molecule has 0 atom stereocenters. The maximum absolute atomic E-state index is 12.5. The number of benzene rings is 2. The summed E-state index contributed by atoms with van der Waals surface area (Å²) in [4.78, 5) is 39.1. The smallest absolute Gasteiger partial charge is 0.349 e. The highest BCUT2D eigenvalue weighted by atomic mass is 16.4. The van der Waals surface area contributed by atoms with Gasteiger partial charge in [-0.2, -0.15) is 0 Å². The Morgan fingerprint density at radius 2 is 1.81 bits per heavy atom. The van der Waals surface area contributed by atoms with Gasteiger partial charge in [0, 0.05) is 16.6 Å². The first-order valence-corrected chi connectivity index (χ1v) is 7.99. The van der Waals surface area contributed by atoms with Gasteiger partial charge >= 0.3 is 5.63 Å². The molecule has 0 saturated heterocycles. The molecule has 1 amide bonds. The van der Waals surface area contributed by atoms with Crippen molar-refractivity contribution in [2.75, 3.05) is 5.32 Å². The Morgan fingerprint density at radius 1 is 1.00 bits per heavy atom. The van der Waals surface area contributed by atoms with Gasteiger partial charge < -0.3 is 14.7 Å². The van der Waals surface area contributed by atoms with E-state index < -0.39 is 11.5 Å². The molecule has 4 rings (SSSR count). The maximum Gasteiger partial charge on any atom is 0.349 e. The lowest BCUT2D eigenvalue weighted by Gasteiger charge is -2.07. The van der Waals surface area contributed by atoms with Crippen LogP contribution in [0.15, 0.2) is 68.6 Å². The predicted octanol–water partition coefficient (Wildman–Crippen LogP) is 3.20. The average molecular weight is 346 g/mol. The minimum absolute atomic E-state index is 0.0822. The van der Waals surface area contributed by atoms with Crippen molar-refractivity contribution in [2.24, 2.45) is 0 Å². The van der Waals surface area contributed by atoms with E-state index in [1.54, 1.807) is 55.5 Å². The molecule has 128 valence electrons. The van der Waals surface area contributed by atoms with E-state index in [1.165, 1.54) is 6.07 Å². The molecule has 2 heterocycles. The van der Waals surface area contributed by atoms with Crippen LogP contribution in [0.5, 0.6) is 0 Å². The normalized spacial score (nSPS) is 11.0. The van der Waals surface area contributed by atoms with E-state index in [2.05, 4.69) is 10.3 Å². The highest BCUT2D eigenvalue weighted by molar-refractivity contribution is 6.06. The number of rotatable bonds is 2. The van der Waals surface area contributed by atoms with Gasteiger partial charge in [0.25, 0.3) is 11.5 Å². The van der Waals surface area contributed by atoms with Crippen molar-refractivity contribution in [2.45, 2.75) is 6.92 Å². The third kappa shape index (κ3) is 2.77. The molecule has 0 saturated carbocycles. The molecule has 4 aromatic rings. The Hall–Kier alpha value is -3.67. The van der Waals surface area contributed by atoms with Crippen LogP contribution in [0.3, 0.4) is 0 Å². The highest BCUT2D eigenvalue weighted by Crippen LogP contribution is 2.18. The van der Waals surface area contributed by atoms with Crippen molar-refractivity contribution in [1.29, 1.82) is 0 Å². The van der Waals surface area contributed by atoms with Gasteiger partial charge in [-0.25, -0.2) is 4.79 Å². The zero-order valence-corrected chi connectivity index (χ0v) is 13.8. The topological polar surface area (TPSA) is 92.2 Å². The molecular weight excluding hydrogens is 332 g/mol. The monoisotopic (exact) mass is 346 g/mol. The van der Waals surface area contributed by atoms with E-state index in [-0.39, 0.29) is 11.1 Å². The van der Waals surface area contributed by atoms with Crippen LogP contribution in [0.1, 0.15) is 15.9 Å². The quantitative estimate of drug-likeness (QED) is 0.545. The molecule has 0 spiro atoms. The van der Waals surface area contributed by atoms with Gasteiger partial charge in [0.05, 0.1) is 5.52 Å². The molecule has 0 aliphatic rings. The summed E-state index contributed by atoms with van der Waals surface area (Å²) < 4.78 is 5.19. The number of anilines is 1. The first kappa shape index (κ1) is 15.8. The number of aromatic amines is 1. The first-order chi connectivity index (χ1) is 12.5. The molecule has 2 aromatic heterocycles. The molecule has 0 radical (unpaired) electrons. The minimum Gasteiger partial charge on any atom is -0.422 e. The average Bonchev–Trinajstić information content (AvgIpc) is 2.62. The fraction of sp³-hybridized carbons (Fsp3) is 0.0500. The standard InChI is InChI=1S/C20H14N2O4/c1-11-8-12-6-7-14(10-16(12)22-18(11)23)21-19(24)15-9-13-4-2-3-5-17(13)26-20(15)25/h2-10H,1H3,(H,21,24)(H,22,23). The Labute approximate surface area is 147 Å².